The standard InChI is InChI=1S/C30H33N7O3/c1-3-22-23(20-14-24(29(38)34(2)17-20)32-27-16-21-9-13-40-18-37(21)33-27)8-10-31-28(22)36-12-11-35-25-7-5-4-6-19(25)15-26(35)30(36)39/h8,10,14-17H,3-7,9,11-13,18H2,1-2H3,(H,32,33). The van der Waals surface area contributed by atoms with Gasteiger partial charge in [-0.3, -0.25) is 14.5 Å². The summed E-state index contributed by atoms with van der Waals surface area (Å²) in [4.78, 5) is 33.4. The number of hydrogen-bond acceptors (Lipinski definition) is 6. The number of aromatic nitrogens is 5. The number of nitrogens with zero attached hydrogens (tertiary/aromatic N) is 6. The van der Waals surface area contributed by atoms with Crippen molar-refractivity contribution in [3.05, 3.63) is 75.2 Å². The van der Waals surface area contributed by atoms with Crippen molar-refractivity contribution in [2.24, 2.45) is 7.05 Å². The lowest BCUT2D eigenvalue weighted by atomic mass is 9.98. The molecule has 0 spiro atoms. The van der Waals surface area contributed by atoms with E-state index in [1.807, 2.05) is 34.0 Å². The number of carbonyl (C=O) groups excluding carboxylic acids is 1. The predicted molar refractivity (Wildman–Crippen MR) is 152 cm³/mol. The maximum absolute atomic E-state index is 13.8. The molecule has 4 aromatic rings. The van der Waals surface area contributed by atoms with E-state index >= 15 is 0 Å². The molecule has 1 amide bonds. The molecule has 3 aliphatic rings. The lowest BCUT2D eigenvalue weighted by Gasteiger charge is -2.31. The molecule has 4 aromatic heterocycles. The SMILES string of the molecule is CCc1c(-c2cc(Nc3cc4n(n3)COCC4)c(=O)n(C)c2)ccnc1N1CCn2c(cc3c2CCCC3)C1=O. The van der Waals surface area contributed by atoms with Crippen LogP contribution in [0.1, 0.15) is 52.8 Å². The van der Waals surface area contributed by atoms with Gasteiger partial charge in [0.2, 0.25) is 0 Å². The first-order valence-corrected chi connectivity index (χ1v) is 14.2. The van der Waals surface area contributed by atoms with Crippen molar-refractivity contribution < 1.29 is 9.53 Å². The number of carbonyl (C=O) groups is 1. The van der Waals surface area contributed by atoms with Gasteiger partial charge in [-0.1, -0.05) is 6.92 Å². The number of pyridine rings is 2. The van der Waals surface area contributed by atoms with Gasteiger partial charge >= 0.3 is 0 Å². The Bertz CT molecular complexity index is 1670. The zero-order chi connectivity index (χ0) is 27.4. The van der Waals surface area contributed by atoms with E-state index in [1.54, 1.807) is 17.8 Å². The van der Waals surface area contributed by atoms with Crippen LogP contribution < -0.4 is 15.8 Å². The van der Waals surface area contributed by atoms with Crippen molar-refractivity contribution in [1.82, 2.24) is 23.9 Å². The zero-order valence-corrected chi connectivity index (χ0v) is 22.9. The summed E-state index contributed by atoms with van der Waals surface area (Å²) in [6.45, 7) is 4.53. The fourth-order valence-corrected chi connectivity index (χ4v) is 6.42. The first-order chi connectivity index (χ1) is 19.5. The van der Waals surface area contributed by atoms with E-state index in [2.05, 4.69) is 28.0 Å². The van der Waals surface area contributed by atoms with Gasteiger partial charge in [0, 0.05) is 67.5 Å². The first-order valence-electron chi connectivity index (χ1n) is 14.2. The van der Waals surface area contributed by atoms with E-state index in [9.17, 15) is 9.59 Å². The molecular weight excluding hydrogens is 506 g/mol. The summed E-state index contributed by atoms with van der Waals surface area (Å²) in [6.07, 6.45) is 9.56. The van der Waals surface area contributed by atoms with E-state index in [4.69, 9.17) is 9.72 Å². The van der Waals surface area contributed by atoms with Crippen molar-refractivity contribution in [1.29, 1.82) is 0 Å². The Labute approximate surface area is 232 Å². The highest BCUT2D eigenvalue weighted by atomic mass is 16.5. The minimum absolute atomic E-state index is 0.00976. The van der Waals surface area contributed by atoms with Gasteiger partial charge in [-0.15, -0.1) is 0 Å². The average Bonchev–Trinajstić information content (AvgIpc) is 3.56. The molecule has 0 bridgehead atoms. The molecule has 40 heavy (non-hydrogen) atoms. The van der Waals surface area contributed by atoms with Gasteiger partial charge in [0.1, 0.15) is 23.9 Å². The molecule has 0 saturated heterocycles. The Morgan fingerprint density at radius 2 is 1.95 bits per heavy atom. The summed E-state index contributed by atoms with van der Waals surface area (Å²) in [7, 11) is 1.75. The summed E-state index contributed by atoms with van der Waals surface area (Å²) in [6, 6.07) is 7.90. The smallest absolute Gasteiger partial charge is 0.276 e. The number of anilines is 3. The number of rotatable bonds is 5. The number of ether oxygens (including phenoxy) is 1. The van der Waals surface area contributed by atoms with Gasteiger partial charge in [0.15, 0.2) is 5.82 Å². The monoisotopic (exact) mass is 539 g/mol. The second kappa shape index (κ2) is 9.78. The van der Waals surface area contributed by atoms with Crippen molar-refractivity contribution >= 4 is 23.2 Å². The van der Waals surface area contributed by atoms with Gasteiger partial charge < -0.3 is 19.2 Å². The molecule has 0 unspecified atom stereocenters. The van der Waals surface area contributed by atoms with Crippen molar-refractivity contribution in [3.8, 4) is 11.1 Å². The predicted octanol–water partition coefficient (Wildman–Crippen LogP) is 3.82. The highest BCUT2D eigenvalue weighted by Crippen LogP contribution is 2.34. The Morgan fingerprint density at radius 3 is 2.80 bits per heavy atom. The van der Waals surface area contributed by atoms with Crippen molar-refractivity contribution in [3.63, 3.8) is 0 Å². The molecule has 10 heteroatoms. The van der Waals surface area contributed by atoms with Crippen LogP contribution in [0.15, 0.2) is 41.5 Å². The van der Waals surface area contributed by atoms with Crippen LogP contribution in [0, 0.1) is 0 Å². The largest absolute Gasteiger partial charge is 0.359 e. The molecule has 1 aliphatic carbocycles. The number of amides is 1. The van der Waals surface area contributed by atoms with E-state index in [0.717, 1.165) is 53.9 Å². The number of aryl methyl sites for hydroxylation is 2. The third-order valence-corrected chi connectivity index (χ3v) is 8.40. The second-order valence-electron chi connectivity index (χ2n) is 10.8. The molecule has 1 N–H and O–H groups in total. The molecule has 0 radical (unpaired) electrons. The third kappa shape index (κ3) is 4.05. The van der Waals surface area contributed by atoms with Crippen LogP contribution in [0.4, 0.5) is 17.3 Å². The molecule has 2 aliphatic heterocycles. The maximum Gasteiger partial charge on any atom is 0.276 e. The minimum atomic E-state index is -0.144. The molecular formula is C30H33N7O3. The van der Waals surface area contributed by atoms with Crippen LogP contribution in [-0.2, 0) is 50.7 Å². The number of hydrogen-bond donors (Lipinski definition) is 1. The second-order valence-corrected chi connectivity index (χ2v) is 10.8. The summed E-state index contributed by atoms with van der Waals surface area (Å²) in [5.41, 5.74) is 7.62. The Hall–Kier alpha value is -4.18. The molecule has 10 nitrogen and oxygen atoms in total. The molecule has 206 valence electrons. The van der Waals surface area contributed by atoms with Crippen LogP contribution in [0.3, 0.4) is 0 Å². The van der Waals surface area contributed by atoms with Crippen LogP contribution in [0.2, 0.25) is 0 Å². The summed E-state index contributed by atoms with van der Waals surface area (Å²) < 4.78 is 11.1. The fourth-order valence-electron chi connectivity index (χ4n) is 6.42. The van der Waals surface area contributed by atoms with Crippen LogP contribution >= 0.6 is 0 Å². The summed E-state index contributed by atoms with van der Waals surface area (Å²) in [5.74, 6) is 1.32. The normalized spacial score (nSPS) is 16.4. The van der Waals surface area contributed by atoms with Crippen molar-refractivity contribution in [2.45, 2.75) is 58.7 Å². The van der Waals surface area contributed by atoms with Crippen LogP contribution in [0.5, 0.6) is 0 Å². The first kappa shape index (κ1) is 24.8. The van der Waals surface area contributed by atoms with Gasteiger partial charge in [-0.05, 0) is 61.4 Å². The van der Waals surface area contributed by atoms with Gasteiger partial charge in [-0.25, -0.2) is 9.67 Å². The molecule has 7 rings (SSSR count). The molecule has 0 atom stereocenters. The highest BCUT2D eigenvalue weighted by Gasteiger charge is 2.32. The minimum Gasteiger partial charge on any atom is -0.359 e. The van der Waals surface area contributed by atoms with Gasteiger partial charge in [0.25, 0.3) is 11.5 Å². The van der Waals surface area contributed by atoms with E-state index in [0.29, 0.717) is 43.6 Å². The topological polar surface area (TPSA) is 99.2 Å². The molecule has 0 fully saturated rings. The van der Waals surface area contributed by atoms with Gasteiger partial charge in [-0.2, -0.15) is 5.10 Å². The highest BCUT2D eigenvalue weighted by molar-refractivity contribution is 6.06. The molecule has 6 heterocycles. The van der Waals surface area contributed by atoms with Crippen molar-refractivity contribution in [2.75, 3.05) is 23.4 Å². The molecule has 0 saturated carbocycles. The Morgan fingerprint density at radius 1 is 1.07 bits per heavy atom. The number of fused-ring (bicyclic) bond motifs is 4. The fraction of sp³-hybridized carbons (Fsp3) is 0.400. The summed E-state index contributed by atoms with van der Waals surface area (Å²) in [5, 5.41) is 7.79. The van der Waals surface area contributed by atoms with Gasteiger partial charge in [0.05, 0.1) is 6.61 Å². The quantitative estimate of drug-likeness (QED) is 0.414. The van der Waals surface area contributed by atoms with Crippen LogP contribution in [-0.4, -0.2) is 43.0 Å². The van der Waals surface area contributed by atoms with Crippen LogP contribution in [0.25, 0.3) is 11.1 Å². The Kier molecular flexibility index (Phi) is 6.07. The summed E-state index contributed by atoms with van der Waals surface area (Å²) >= 11 is 0. The van der Waals surface area contributed by atoms with E-state index < -0.39 is 0 Å². The zero-order valence-electron chi connectivity index (χ0n) is 22.9. The average molecular weight is 540 g/mol. The number of nitrogens with one attached hydrogen (secondary N) is 1. The maximum atomic E-state index is 13.8. The molecule has 0 aromatic carbocycles. The van der Waals surface area contributed by atoms with E-state index in [-0.39, 0.29) is 11.5 Å². The van der Waals surface area contributed by atoms with E-state index in [1.165, 1.54) is 24.1 Å². The lowest BCUT2D eigenvalue weighted by Crippen LogP contribution is -2.41. The Balaban J connectivity index is 1.25. The lowest BCUT2D eigenvalue weighted by molar-refractivity contribution is 0.0481. The third-order valence-electron chi connectivity index (χ3n) is 8.40.